The van der Waals surface area contributed by atoms with Crippen molar-refractivity contribution in [3.05, 3.63) is 12.2 Å². The average Bonchev–Trinajstić information content (AvgIpc) is 3.11. The number of ether oxygens (including phenoxy) is 2. The number of carbonyl (C=O) groups excluding carboxylic acids is 1. The van der Waals surface area contributed by atoms with Crippen molar-refractivity contribution >= 4 is 5.91 Å². The second kappa shape index (κ2) is 32.6. The first kappa shape index (κ1) is 47.0. The molecule has 0 aliphatic carbocycles. The van der Waals surface area contributed by atoms with Crippen molar-refractivity contribution in [3.8, 4) is 0 Å². The highest BCUT2D eigenvalue weighted by Crippen LogP contribution is 2.22. The molecule has 6 N–H and O–H groups in total. The summed E-state index contributed by atoms with van der Waals surface area (Å²) < 4.78 is 11.2. The van der Waals surface area contributed by atoms with Gasteiger partial charge in [-0.25, -0.2) is 0 Å². The molecular weight excluding hydrogens is 634 g/mol. The Morgan fingerprint density at radius 2 is 1.10 bits per heavy atom. The van der Waals surface area contributed by atoms with Crippen LogP contribution in [0.25, 0.3) is 0 Å². The number of allylic oxidation sites excluding steroid dienone is 1. The molecule has 0 aromatic heterocycles. The Labute approximate surface area is 306 Å². The second-order valence-electron chi connectivity index (χ2n) is 14.8. The van der Waals surface area contributed by atoms with Gasteiger partial charge < -0.3 is 40.3 Å². The molecule has 0 aromatic carbocycles. The van der Waals surface area contributed by atoms with Gasteiger partial charge in [0.15, 0.2) is 6.29 Å². The lowest BCUT2D eigenvalue weighted by Gasteiger charge is -2.40. The topological polar surface area (TPSA) is 149 Å². The van der Waals surface area contributed by atoms with Crippen molar-refractivity contribution in [1.82, 2.24) is 5.32 Å². The summed E-state index contributed by atoms with van der Waals surface area (Å²) >= 11 is 0. The fraction of sp³-hybridized carbons (Fsp3) is 0.927. The lowest BCUT2D eigenvalue weighted by Crippen LogP contribution is -2.60. The number of carbonyl (C=O) groups is 1. The maximum absolute atomic E-state index is 12.8. The number of amides is 1. The van der Waals surface area contributed by atoms with Gasteiger partial charge >= 0.3 is 0 Å². The molecule has 0 radical (unpaired) electrons. The van der Waals surface area contributed by atoms with Crippen LogP contribution in [0.2, 0.25) is 0 Å². The van der Waals surface area contributed by atoms with Gasteiger partial charge in [0.05, 0.1) is 25.4 Å². The van der Waals surface area contributed by atoms with E-state index in [1.807, 2.05) is 6.08 Å². The van der Waals surface area contributed by atoms with Gasteiger partial charge in [-0.15, -0.1) is 0 Å². The summed E-state index contributed by atoms with van der Waals surface area (Å²) in [5.74, 6) is -0.181. The third-order valence-corrected chi connectivity index (χ3v) is 10.1. The maximum Gasteiger partial charge on any atom is 0.220 e. The van der Waals surface area contributed by atoms with Gasteiger partial charge in [0.25, 0.3) is 0 Å². The standard InChI is InChI=1S/C41H79NO8/c1-3-5-7-9-11-13-14-15-16-17-18-19-20-21-22-23-24-26-28-30-35(44)34(42-37(45)31-29-27-25-12-10-8-6-4-2)33-49-41-40(48)39(47)38(46)36(32-43)50-41/h28,30,34-36,38-41,43-44,46-48H,3-27,29,31-33H2,1-2H3,(H,42,45)/b30-28+. The minimum absolute atomic E-state index is 0.181. The first-order valence-electron chi connectivity index (χ1n) is 20.9. The molecule has 1 heterocycles. The van der Waals surface area contributed by atoms with Crippen LogP contribution >= 0.6 is 0 Å². The molecule has 1 fully saturated rings. The highest BCUT2D eigenvalue weighted by Gasteiger charge is 2.44. The Morgan fingerprint density at radius 3 is 1.56 bits per heavy atom. The van der Waals surface area contributed by atoms with Gasteiger partial charge in [-0.2, -0.15) is 0 Å². The van der Waals surface area contributed by atoms with Gasteiger partial charge in [-0.3, -0.25) is 4.79 Å². The summed E-state index contributed by atoms with van der Waals surface area (Å²) in [6, 6.07) is -0.796. The largest absolute Gasteiger partial charge is 0.394 e. The Kier molecular flexibility index (Phi) is 30.6. The van der Waals surface area contributed by atoms with Gasteiger partial charge in [-0.05, 0) is 19.3 Å². The Hall–Kier alpha value is -1.07. The molecule has 1 aliphatic rings. The molecule has 7 unspecified atom stereocenters. The van der Waals surface area contributed by atoms with Gasteiger partial charge in [0, 0.05) is 6.42 Å². The molecule has 7 atom stereocenters. The normalized spacial score (nSPS) is 22.3. The van der Waals surface area contributed by atoms with Crippen LogP contribution in [0.5, 0.6) is 0 Å². The van der Waals surface area contributed by atoms with E-state index in [4.69, 9.17) is 9.47 Å². The van der Waals surface area contributed by atoms with Crippen LogP contribution in [0.3, 0.4) is 0 Å². The second-order valence-corrected chi connectivity index (χ2v) is 14.8. The fourth-order valence-corrected chi connectivity index (χ4v) is 6.68. The van der Waals surface area contributed by atoms with E-state index in [9.17, 15) is 30.3 Å². The molecule has 50 heavy (non-hydrogen) atoms. The third-order valence-electron chi connectivity index (χ3n) is 10.1. The summed E-state index contributed by atoms with van der Waals surface area (Å²) in [6.07, 6.45) is 28.4. The van der Waals surface area contributed by atoms with E-state index >= 15 is 0 Å². The van der Waals surface area contributed by atoms with Crippen molar-refractivity contribution in [2.75, 3.05) is 13.2 Å². The quantitative estimate of drug-likeness (QED) is 0.0293. The Morgan fingerprint density at radius 1 is 0.660 bits per heavy atom. The number of hydrogen-bond acceptors (Lipinski definition) is 8. The Bertz CT molecular complexity index is 797. The van der Waals surface area contributed by atoms with Crippen LogP contribution in [0, 0.1) is 0 Å². The number of unbranched alkanes of at least 4 members (excludes halogenated alkanes) is 24. The highest BCUT2D eigenvalue weighted by atomic mass is 16.7. The molecule has 0 aromatic rings. The third kappa shape index (κ3) is 23.5. The smallest absolute Gasteiger partial charge is 0.220 e. The number of aliphatic hydroxyl groups excluding tert-OH is 5. The van der Waals surface area contributed by atoms with Crippen LogP contribution in [-0.2, 0) is 14.3 Å². The molecule has 1 rings (SSSR count). The predicted molar refractivity (Wildman–Crippen MR) is 203 cm³/mol. The SMILES string of the molecule is CCCCCCCCCCCCCCCCCCC/C=C/C(O)C(COC1OC(CO)C(O)C(O)C1O)NC(=O)CCCCCCCCCC. The van der Waals surface area contributed by atoms with Gasteiger partial charge in [0.2, 0.25) is 5.91 Å². The van der Waals surface area contributed by atoms with E-state index in [1.54, 1.807) is 6.08 Å². The number of aliphatic hydroxyl groups is 5. The summed E-state index contributed by atoms with van der Waals surface area (Å²) in [5.41, 5.74) is 0. The van der Waals surface area contributed by atoms with Gasteiger partial charge in [0.1, 0.15) is 24.4 Å². The molecule has 0 spiro atoms. The van der Waals surface area contributed by atoms with E-state index in [0.29, 0.717) is 6.42 Å². The van der Waals surface area contributed by atoms with Crippen LogP contribution in [-0.4, -0.2) is 87.5 Å². The van der Waals surface area contributed by atoms with E-state index in [2.05, 4.69) is 19.2 Å². The van der Waals surface area contributed by atoms with Crippen LogP contribution < -0.4 is 5.32 Å². The molecule has 0 bridgehead atoms. The van der Waals surface area contributed by atoms with E-state index < -0.39 is 49.5 Å². The zero-order valence-corrected chi connectivity index (χ0v) is 32.2. The summed E-state index contributed by atoms with van der Waals surface area (Å²) in [5, 5.41) is 53.9. The first-order valence-corrected chi connectivity index (χ1v) is 20.9. The van der Waals surface area contributed by atoms with Crippen LogP contribution in [0.1, 0.15) is 187 Å². The molecule has 296 valence electrons. The monoisotopic (exact) mass is 714 g/mol. The van der Waals surface area contributed by atoms with E-state index in [-0.39, 0.29) is 12.5 Å². The molecular formula is C41H79NO8. The van der Waals surface area contributed by atoms with E-state index in [0.717, 1.165) is 38.5 Å². The van der Waals surface area contributed by atoms with Crippen LogP contribution in [0.15, 0.2) is 12.2 Å². The number of nitrogens with one attached hydrogen (secondary N) is 1. The van der Waals surface area contributed by atoms with Crippen molar-refractivity contribution < 1.29 is 39.8 Å². The van der Waals surface area contributed by atoms with Crippen molar-refractivity contribution in [2.24, 2.45) is 0 Å². The number of hydrogen-bond donors (Lipinski definition) is 6. The minimum atomic E-state index is -1.56. The molecule has 9 heteroatoms. The summed E-state index contributed by atoms with van der Waals surface area (Å²) in [4.78, 5) is 12.8. The Balaban J connectivity index is 2.34. The maximum atomic E-state index is 12.8. The first-order chi connectivity index (χ1) is 24.3. The van der Waals surface area contributed by atoms with Gasteiger partial charge in [-0.1, -0.05) is 174 Å². The lowest BCUT2D eigenvalue weighted by atomic mass is 9.99. The zero-order valence-electron chi connectivity index (χ0n) is 32.2. The minimum Gasteiger partial charge on any atom is -0.394 e. The van der Waals surface area contributed by atoms with Crippen molar-refractivity contribution in [2.45, 2.75) is 230 Å². The molecule has 0 saturated carbocycles. The average molecular weight is 714 g/mol. The molecule has 1 amide bonds. The molecule has 1 aliphatic heterocycles. The molecule has 9 nitrogen and oxygen atoms in total. The van der Waals surface area contributed by atoms with E-state index in [1.165, 1.54) is 128 Å². The zero-order chi connectivity index (χ0) is 36.7. The molecule has 1 saturated heterocycles. The van der Waals surface area contributed by atoms with Crippen LogP contribution in [0.4, 0.5) is 0 Å². The van der Waals surface area contributed by atoms with Crippen molar-refractivity contribution in [3.63, 3.8) is 0 Å². The summed E-state index contributed by atoms with van der Waals surface area (Å²) in [7, 11) is 0. The van der Waals surface area contributed by atoms with Crippen molar-refractivity contribution in [1.29, 1.82) is 0 Å². The number of rotatable bonds is 34. The summed E-state index contributed by atoms with van der Waals surface area (Å²) in [6.45, 7) is 3.73. The lowest BCUT2D eigenvalue weighted by molar-refractivity contribution is -0.302. The fourth-order valence-electron chi connectivity index (χ4n) is 6.68. The predicted octanol–water partition coefficient (Wildman–Crippen LogP) is 7.78. The highest BCUT2D eigenvalue weighted by molar-refractivity contribution is 5.76.